The number of benzene rings is 1. The van der Waals surface area contributed by atoms with Crippen LogP contribution in [0.15, 0.2) is 46.0 Å². The molecule has 1 atom stereocenters. The molecule has 1 aromatic heterocycles. The van der Waals surface area contributed by atoms with E-state index in [4.69, 9.17) is 0 Å². The molecule has 9 heteroatoms. The molecule has 1 heterocycles. The number of nitrogens with zero attached hydrogens (tertiary/aromatic N) is 1. The summed E-state index contributed by atoms with van der Waals surface area (Å²) in [5.41, 5.74) is 1.36. The van der Waals surface area contributed by atoms with Crippen LogP contribution in [0.1, 0.15) is 22.8 Å². The predicted molar refractivity (Wildman–Crippen MR) is 100 cm³/mol. The molecule has 0 aliphatic carbocycles. The first-order chi connectivity index (χ1) is 12.2. The molecule has 1 aromatic carbocycles. The van der Waals surface area contributed by atoms with Crippen molar-refractivity contribution in [1.82, 2.24) is 14.9 Å². The van der Waals surface area contributed by atoms with E-state index in [1.807, 2.05) is 0 Å². The van der Waals surface area contributed by atoms with E-state index in [1.54, 1.807) is 49.8 Å². The van der Waals surface area contributed by atoms with E-state index < -0.39 is 16.1 Å². The Morgan fingerprint density at radius 3 is 2.38 bits per heavy atom. The van der Waals surface area contributed by atoms with Crippen LogP contribution in [0.3, 0.4) is 0 Å². The van der Waals surface area contributed by atoms with Gasteiger partial charge >= 0.3 is 0 Å². The molecular weight excluding hydrogens is 374 g/mol. The number of sulfonamides is 1. The van der Waals surface area contributed by atoms with Gasteiger partial charge < -0.3 is 10.2 Å². The van der Waals surface area contributed by atoms with Crippen molar-refractivity contribution < 1.29 is 18.0 Å². The second-order valence-corrected chi connectivity index (χ2v) is 8.63. The quantitative estimate of drug-likeness (QED) is 0.741. The van der Waals surface area contributed by atoms with E-state index in [2.05, 4.69) is 10.0 Å². The maximum absolute atomic E-state index is 12.5. The molecule has 140 valence electrons. The minimum absolute atomic E-state index is 0.171. The van der Waals surface area contributed by atoms with Crippen LogP contribution in [0.2, 0.25) is 0 Å². The normalized spacial score (nSPS) is 12.4. The van der Waals surface area contributed by atoms with Crippen LogP contribution in [-0.4, -0.2) is 45.3 Å². The maximum Gasteiger partial charge on any atom is 0.251 e. The zero-order chi connectivity index (χ0) is 19.3. The smallest absolute Gasteiger partial charge is 0.251 e. The van der Waals surface area contributed by atoms with E-state index in [-0.39, 0.29) is 16.0 Å². The summed E-state index contributed by atoms with van der Waals surface area (Å²) in [7, 11) is -0.550. The monoisotopic (exact) mass is 395 g/mol. The Labute approximate surface area is 157 Å². The minimum Gasteiger partial charge on any atom is -0.355 e. The van der Waals surface area contributed by atoms with Crippen molar-refractivity contribution in [2.75, 3.05) is 14.1 Å². The Bertz CT molecular complexity index is 862. The number of amides is 2. The van der Waals surface area contributed by atoms with Gasteiger partial charge in [0.25, 0.3) is 15.9 Å². The lowest BCUT2D eigenvalue weighted by molar-refractivity contribution is -0.131. The third-order valence-corrected chi connectivity index (χ3v) is 6.64. The minimum atomic E-state index is -3.71. The number of hydrogen-bond donors (Lipinski definition) is 2. The Kier molecular flexibility index (Phi) is 6.52. The zero-order valence-corrected chi connectivity index (χ0v) is 16.4. The zero-order valence-electron chi connectivity index (χ0n) is 14.7. The highest BCUT2D eigenvalue weighted by molar-refractivity contribution is 7.91. The first-order valence-corrected chi connectivity index (χ1v) is 10.2. The van der Waals surface area contributed by atoms with Crippen molar-refractivity contribution >= 4 is 33.2 Å². The van der Waals surface area contributed by atoms with E-state index >= 15 is 0 Å². The predicted octanol–water partition coefficient (Wildman–Crippen LogP) is 1.43. The van der Waals surface area contributed by atoms with Gasteiger partial charge in [0.2, 0.25) is 5.91 Å². The fourth-order valence-corrected chi connectivity index (χ4v) is 4.55. The van der Waals surface area contributed by atoms with Crippen molar-refractivity contribution in [3.05, 3.63) is 52.9 Å². The average molecular weight is 396 g/mol. The van der Waals surface area contributed by atoms with Crippen LogP contribution >= 0.6 is 11.3 Å². The molecule has 0 saturated carbocycles. The first-order valence-electron chi connectivity index (χ1n) is 7.86. The van der Waals surface area contributed by atoms with Gasteiger partial charge in [-0.25, -0.2) is 8.42 Å². The molecular formula is C17H21N3O4S2. The molecule has 0 bridgehead atoms. The number of nitrogens with one attached hydrogen (secondary N) is 2. The summed E-state index contributed by atoms with van der Waals surface area (Å²) >= 11 is 1.09. The van der Waals surface area contributed by atoms with Crippen molar-refractivity contribution in [2.24, 2.45) is 0 Å². The number of likely N-dealkylation sites (N-methyl/N-ethyl adjacent to an activating group) is 1. The molecule has 0 aliphatic heterocycles. The molecule has 0 saturated heterocycles. The van der Waals surface area contributed by atoms with Crippen LogP contribution in [-0.2, 0) is 21.4 Å². The van der Waals surface area contributed by atoms with Gasteiger partial charge in [0.05, 0.1) is 6.04 Å². The molecule has 2 rings (SSSR count). The molecule has 7 nitrogen and oxygen atoms in total. The lowest BCUT2D eigenvalue weighted by Crippen LogP contribution is -2.45. The number of carbonyl (C=O) groups is 2. The van der Waals surface area contributed by atoms with Gasteiger partial charge in [0, 0.05) is 26.2 Å². The van der Waals surface area contributed by atoms with Crippen molar-refractivity contribution in [3.63, 3.8) is 0 Å². The Hall–Kier alpha value is -2.23. The van der Waals surface area contributed by atoms with Gasteiger partial charge in [-0.05, 0) is 36.1 Å². The van der Waals surface area contributed by atoms with Crippen molar-refractivity contribution in [1.29, 1.82) is 0 Å². The van der Waals surface area contributed by atoms with Gasteiger partial charge in [0.15, 0.2) is 0 Å². The molecule has 2 amide bonds. The fourth-order valence-electron chi connectivity index (χ4n) is 2.35. The summed E-state index contributed by atoms with van der Waals surface area (Å²) < 4.78 is 27.0. The standard InChI is InChI=1S/C17H21N3O4S2/c1-12(19-26(23,24)15-5-4-10-25-15)17(22)20(3)11-13-6-8-14(9-7-13)16(21)18-2/h4-10,12,19H,11H2,1-3H3,(H,18,21). The van der Waals surface area contributed by atoms with E-state index in [1.165, 1.54) is 17.9 Å². The Morgan fingerprint density at radius 1 is 1.19 bits per heavy atom. The van der Waals surface area contributed by atoms with Crippen LogP contribution < -0.4 is 10.0 Å². The van der Waals surface area contributed by atoms with Gasteiger partial charge in [-0.2, -0.15) is 4.72 Å². The number of carbonyl (C=O) groups excluding carboxylic acids is 2. The summed E-state index contributed by atoms with van der Waals surface area (Å²) in [6.07, 6.45) is 0. The Balaban J connectivity index is 1.99. The SMILES string of the molecule is CNC(=O)c1ccc(CN(C)C(=O)C(C)NS(=O)(=O)c2cccs2)cc1. The lowest BCUT2D eigenvalue weighted by Gasteiger charge is -2.22. The fraction of sp³-hybridized carbons (Fsp3) is 0.294. The summed E-state index contributed by atoms with van der Waals surface area (Å²) in [5, 5.41) is 4.20. The van der Waals surface area contributed by atoms with Gasteiger partial charge in [-0.15, -0.1) is 11.3 Å². The highest BCUT2D eigenvalue weighted by Gasteiger charge is 2.25. The summed E-state index contributed by atoms with van der Waals surface area (Å²) in [6, 6.07) is 9.11. The van der Waals surface area contributed by atoms with Gasteiger partial charge in [-0.3, -0.25) is 9.59 Å². The summed E-state index contributed by atoms with van der Waals surface area (Å²) in [6.45, 7) is 1.82. The molecule has 0 fully saturated rings. The van der Waals surface area contributed by atoms with Crippen molar-refractivity contribution in [3.8, 4) is 0 Å². The summed E-state index contributed by atoms with van der Waals surface area (Å²) in [4.78, 5) is 25.4. The third-order valence-electron chi connectivity index (χ3n) is 3.70. The van der Waals surface area contributed by atoms with Gasteiger partial charge in [0.1, 0.15) is 4.21 Å². The second-order valence-electron chi connectivity index (χ2n) is 5.75. The molecule has 0 radical (unpaired) electrons. The van der Waals surface area contributed by atoms with E-state index in [9.17, 15) is 18.0 Å². The molecule has 26 heavy (non-hydrogen) atoms. The second kappa shape index (κ2) is 8.43. The van der Waals surface area contributed by atoms with Gasteiger partial charge in [-0.1, -0.05) is 18.2 Å². The average Bonchev–Trinajstić information content (AvgIpc) is 3.16. The topological polar surface area (TPSA) is 95.6 Å². The van der Waals surface area contributed by atoms with E-state index in [0.717, 1.165) is 16.9 Å². The Morgan fingerprint density at radius 2 is 1.85 bits per heavy atom. The highest BCUT2D eigenvalue weighted by atomic mass is 32.2. The van der Waals surface area contributed by atoms with E-state index in [0.29, 0.717) is 12.1 Å². The van der Waals surface area contributed by atoms with Crippen molar-refractivity contribution in [2.45, 2.75) is 23.7 Å². The number of hydrogen-bond acceptors (Lipinski definition) is 5. The van der Waals surface area contributed by atoms with Crippen LogP contribution in [0.5, 0.6) is 0 Å². The molecule has 2 N–H and O–H groups in total. The van der Waals surface area contributed by atoms with Crippen LogP contribution in [0.4, 0.5) is 0 Å². The lowest BCUT2D eigenvalue weighted by atomic mass is 10.1. The highest BCUT2D eigenvalue weighted by Crippen LogP contribution is 2.16. The van der Waals surface area contributed by atoms with Crippen LogP contribution in [0.25, 0.3) is 0 Å². The van der Waals surface area contributed by atoms with Crippen LogP contribution in [0, 0.1) is 0 Å². The first kappa shape index (κ1) is 20.1. The molecule has 1 unspecified atom stereocenters. The number of rotatable bonds is 7. The third kappa shape index (κ3) is 4.90. The number of thiophene rings is 1. The molecule has 2 aromatic rings. The molecule has 0 aliphatic rings. The summed E-state index contributed by atoms with van der Waals surface area (Å²) in [5.74, 6) is -0.530. The molecule has 0 spiro atoms. The maximum atomic E-state index is 12.5. The largest absolute Gasteiger partial charge is 0.355 e.